The molecule has 1 N–H and O–H groups in total. The molecule has 0 radical (unpaired) electrons. The van der Waals surface area contributed by atoms with E-state index in [4.69, 9.17) is 0 Å². The van der Waals surface area contributed by atoms with Gasteiger partial charge < -0.3 is 15.1 Å². The van der Waals surface area contributed by atoms with Crippen LogP contribution in [0, 0.1) is 5.92 Å². The zero-order valence-electron chi connectivity index (χ0n) is 10.9. The minimum atomic E-state index is -0.349. The SMILES string of the molecule is O=C1CCC(C(=O)N2CCN(C(=O)C3CC3)CC2)N1. The largest absolute Gasteiger partial charge is 0.344 e. The number of piperazine rings is 1. The van der Waals surface area contributed by atoms with Gasteiger partial charge in [0.2, 0.25) is 17.7 Å². The lowest BCUT2D eigenvalue weighted by molar-refractivity contribution is -0.141. The molecule has 0 bridgehead atoms. The summed E-state index contributed by atoms with van der Waals surface area (Å²) in [4.78, 5) is 38.8. The van der Waals surface area contributed by atoms with Gasteiger partial charge in [-0.3, -0.25) is 14.4 Å². The van der Waals surface area contributed by atoms with Crippen molar-refractivity contribution in [3.8, 4) is 0 Å². The molecule has 3 fully saturated rings. The maximum absolute atomic E-state index is 12.2. The molecule has 1 atom stereocenters. The van der Waals surface area contributed by atoms with Crippen molar-refractivity contribution in [3.05, 3.63) is 0 Å². The first kappa shape index (κ1) is 12.4. The lowest BCUT2D eigenvalue weighted by Crippen LogP contribution is -2.54. The van der Waals surface area contributed by atoms with Gasteiger partial charge in [0.05, 0.1) is 0 Å². The zero-order chi connectivity index (χ0) is 13.4. The molecular weight excluding hydrogens is 246 g/mol. The monoisotopic (exact) mass is 265 g/mol. The summed E-state index contributed by atoms with van der Waals surface area (Å²) in [7, 11) is 0. The van der Waals surface area contributed by atoms with Crippen molar-refractivity contribution in [1.82, 2.24) is 15.1 Å². The summed E-state index contributed by atoms with van der Waals surface area (Å²) in [6.45, 7) is 2.43. The van der Waals surface area contributed by atoms with Crippen molar-refractivity contribution in [2.24, 2.45) is 5.92 Å². The Morgan fingerprint density at radius 3 is 2.00 bits per heavy atom. The van der Waals surface area contributed by atoms with Crippen LogP contribution in [0.25, 0.3) is 0 Å². The number of amides is 3. The van der Waals surface area contributed by atoms with Crippen molar-refractivity contribution < 1.29 is 14.4 Å². The van der Waals surface area contributed by atoms with E-state index in [9.17, 15) is 14.4 Å². The van der Waals surface area contributed by atoms with E-state index in [0.717, 1.165) is 12.8 Å². The Bertz CT molecular complexity index is 411. The Morgan fingerprint density at radius 2 is 1.53 bits per heavy atom. The first-order valence-electron chi connectivity index (χ1n) is 7.02. The van der Waals surface area contributed by atoms with Crippen LogP contribution in [0.3, 0.4) is 0 Å². The summed E-state index contributed by atoms with van der Waals surface area (Å²) in [5, 5.41) is 2.70. The average Bonchev–Trinajstić information content (AvgIpc) is 3.19. The minimum absolute atomic E-state index is 0.00405. The summed E-state index contributed by atoms with van der Waals surface area (Å²) < 4.78 is 0. The van der Waals surface area contributed by atoms with E-state index in [1.54, 1.807) is 4.90 Å². The van der Waals surface area contributed by atoms with E-state index in [1.165, 1.54) is 0 Å². The standard InChI is InChI=1S/C13H19N3O3/c17-11-4-3-10(14-11)13(19)16-7-5-15(6-8-16)12(18)9-1-2-9/h9-10H,1-8H2,(H,14,17). The van der Waals surface area contributed by atoms with Crippen molar-refractivity contribution >= 4 is 17.7 Å². The smallest absolute Gasteiger partial charge is 0.245 e. The van der Waals surface area contributed by atoms with Gasteiger partial charge in [0.1, 0.15) is 6.04 Å². The molecule has 3 aliphatic rings. The van der Waals surface area contributed by atoms with Gasteiger partial charge in [-0.25, -0.2) is 0 Å². The Hall–Kier alpha value is -1.59. The molecule has 3 amide bonds. The van der Waals surface area contributed by atoms with E-state index >= 15 is 0 Å². The predicted molar refractivity (Wildman–Crippen MR) is 67.0 cm³/mol. The van der Waals surface area contributed by atoms with Crippen molar-refractivity contribution in [1.29, 1.82) is 0 Å². The van der Waals surface area contributed by atoms with Crippen LogP contribution in [-0.2, 0) is 14.4 Å². The molecule has 6 nitrogen and oxygen atoms in total. The summed E-state index contributed by atoms with van der Waals surface area (Å²) in [5.41, 5.74) is 0. The van der Waals surface area contributed by atoms with Crippen LogP contribution in [0.4, 0.5) is 0 Å². The van der Waals surface area contributed by atoms with Gasteiger partial charge in [-0.1, -0.05) is 0 Å². The van der Waals surface area contributed by atoms with E-state index in [0.29, 0.717) is 39.0 Å². The molecule has 3 rings (SSSR count). The van der Waals surface area contributed by atoms with Gasteiger partial charge >= 0.3 is 0 Å². The van der Waals surface area contributed by atoms with Gasteiger partial charge in [-0.2, -0.15) is 0 Å². The molecule has 0 spiro atoms. The molecule has 2 aliphatic heterocycles. The van der Waals surface area contributed by atoms with E-state index in [2.05, 4.69) is 5.32 Å². The maximum Gasteiger partial charge on any atom is 0.245 e. The van der Waals surface area contributed by atoms with Gasteiger partial charge in [0, 0.05) is 38.5 Å². The van der Waals surface area contributed by atoms with Gasteiger partial charge in [-0.15, -0.1) is 0 Å². The number of rotatable bonds is 2. The number of carbonyl (C=O) groups excluding carboxylic acids is 3. The fourth-order valence-corrected chi connectivity index (χ4v) is 2.76. The lowest BCUT2D eigenvalue weighted by Gasteiger charge is -2.36. The average molecular weight is 265 g/mol. The molecule has 1 unspecified atom stereocenters. The van der Waals surface area contributed by atoms with Crippen LogP contribution in [0.15, 0.2) is 0 Å². The molecule has 0 aromatic rings. The van der Waals surface area contributed by atoms with Crippen LogP contribution in [0.1, 0.15) is 25.7 Å². The maximum atomic E-state index is 12.2. The highest BCUT2D eigenvalue weighted by molar-refractivity contribution is 5.91. The second kappa shape index (κ2) is 4.83. The normalized spacial score (nSPS) is 27.4. The quantitative estimate of drug-likeness (QED) is 0.721. The highest BCUT2D eigenvalue weighted by Gasteiger charge is 2.36. The summed E-state index contributed by atoms with van der Waals surface area (Å²) in [5.74, 6) is 0.461. The highest BCUT2D eigenvalue weighted by atomic mass is 16.2. The van der Waals surface area contributed by atoms with Crippen molar-refractivity contribution in [2.75, 3.05) is 26.2 Å². The van der Waals surface area contributed by atoms with Gasteiger partial charge in [0.25, 0.3) is 0 Å². The molecule has 1 aliphatic carbocycles. The van der Waals surface area contributed by atoms with Crippen LogP contribution in [-0.4, -0.2) is 59.7 Å². The van der Waals surface area contributed by atoms with Crippen molar-refractivity contribution in [3.63, 3.8) is 0 Å². The topological polar surface area (TPSA) is 69.7 Å². The molecule has 6 heteroatoms. The number of nitrogens with zero attached hydrogens (tertiary/aromatic N) is 2. The van der Waals surface area contributed by atoms with Gasteiger partial charge in [-0.05, 0) is 19.3 Å². The van der Waals surface area contributed by atoms with Crippen LogP contribution in [0.2, 0.25) is 0 Å². The van der Waals surface area contributed by atoms with Crippen LogP contribution in [0.5, 0.6) is 0 Å². The number of carbonyl (C=O) groups is 3. The fraction of sp³-hybridized carbons (Fsp3) is 0.769. The highest BCUT2D eigenvalue weighted by Crippen LogP contribution is 2.31. The third kappa shape index (κ3) is 2.57. The van der Waals surface area contributed by atoms with Crippen LogP contribution >= 0.6 is 0 Å². The Morgan fingerprint density at radius 1 is 0.947 bits per heavy atom. The lowest BCUT2D eigenvalue weighted by atomic mass is 10.2. The van der Waals surface area contributed by atoms with Crippen LogP contribution < -0.4 is 5.32 Å². The molecule has 2 saturated heterocycles. The Kier molecular flexibility index (Phi) is 3.16. The minimum Gasteiger partial charge on any atom is -0.344 e. The molecule has 0 aromatic carbocycles. The molecule has 19 heavy (non-hydrogen) atoms. The molecular formula is C13H19N3O3. The second-order valence-corrected chi connectivity index (χ2v) is 5.58. The Labute approximate surface area is 112 Å². The van der Waals surface area contributed by atoms with E-state index in [1.807, 2.05) is 4.90 Å². The number of nitrogens with one attached hydrogen (secondary N) is 1. The zero-order valence-corrected chi connectivity index (χ0v) is 10.9. The summed E-state index contributed by atoms with van der Waals surface area (Å²) in [6, 6.07) is -0.349. The van der Waals surface area contributed by atoms with Crippen molar-refractivity contribution in [2.45, 2.75) is 31.7 Å². The predicted octanol–water partition coefficient (Wildman–Crippen LogP) is -0.654. The molecule has 2 heterocycles. The fourth-order valence-electron chi connectivity index (χ4n) is 2.76. The first-order valence-corrected chi connectivity index (χ1v) is 7.02. The molecule has 1 saturated carbocycles. The summed E-state index contributed by atoms with van der Waals surface area (Å²) >= 11 is 0. The number of hydrogen-bond donors (Lipinski definition) is 1. The van der Waals surface area contributed by atoms with E-state index < -0.39 is 0 Å². The first-order chi connectivity index (χ1) is 9.15. The summed E-state index contributed by atoms with van der Waals surface area (Å²) in [6.07, 6.45) is 3.08. The van der Waals surface area contributed by atoms with Gasteiger partial charge in [0.15, 0.2) is 0 Å². The molecule has 104 valence electrons. The van der Waals surface area contributed by atoms with E-state index in [-0.39, 0.29) is 29.7 Å². The third-order valence-corrected chi connectivity index (χ3v) is 4.12. The molecule has 0 aromatic heterocycles. The Balaban J connectivity index is 1.50. The third-order valence-electron chi connectivity index (χ3n) is 4.12. The second-order valence-electron chi connectivity index (χ2n) is 5.58. The number of hydrogen-bond acceptors (Lipinski definition) is 3.